The van der Waals surface area contributed by atoms with Crippen LogP contribution in [-0.2, 0) is 16.3 Å². The van der Waals surface area contributed by atoms with Crippen LogP contribution in [0.4, 0.5) is 0 Å². The Bertz CT molecular complexity index is 1440. The van der Waals surface area contributed by atoms with Gasteiger partial charge < -0.3 is 9.88 Å². The Morgan fingerprint density at radius 3 is 2.23 bits per heavy atom. The van der Waals surface area contributed by atoms with Gasteiger partial charge in [0.2, 0.25) is 9.84 Å². The Morgan fingerprint density at radius 1 is 0.857 bits per heavy atom. The molecule has 0 unspecified atom stereocenters. The number of sulfone groups is 1. The predicted molar refractivity (Wildman–Crippen MR) is 138 cm³/mol. The molecule has 1 aromatic heterocycles. The van der Waals surface area contributed by atoms with Gasteiger partial charge in [0.1, 0.15) is 10.6 Å². The van der Waals surface area contributed by atoms with Gasteiger partial charge in [0, 0.05) is 48.6 Å². The van der Waals surface area contributed by atoms with Gasteiger partial charge in [-0.05, 0) is 42.3 Å². The summed E-state index contributed by atoms with van der Waals surface area (Å²) in [5.74, 6) is -0.295. The van der Waals surface area contributed by atoms with E-state index in [-0.39, 0.29) is 21.4 Å². The molecule has 1 fully saturated rings. The number of fused-ring (bicyclic) bond motifs is 1. The van der Waals surface area contributed by atoms with E-state index in [1.807, 2.05) is 24.3 Å². The first-order valence-corrected chi connectivity index (χ1v) is 13.5. The molecule has 180 valence electrons. The Morgan fingerprint density at radius 2 is 1.51 bits per heavy atom. The van der Waals surface area contributed by atoms with Crippen molar-refractivity contribution in [2.24, 2.45) is 0 Å². The third-order valence-electron chi connectivity index (χ3n) is 6.48. The summed E-state index contributed by atoms with van der Waals surface area (Å²) < 4.78 is 27.3. The SMILES string of the molecule is O=C(c1[nH]c2ccccc2c1S(=O)(=O)c1ccc(Cl)cc1)N1CCN(CCc2ccccc2)CC1. The molecule has 1 aliphatic heterocycles. The van der Waals surface area contributed by atoms with Crippen LogP contribution in [0.3, 0.4) is 0 Å². The van der Waals surface area contributed by atoms with Crippen LogP contribution in [0.2, 0.25) is 5.02 Å². The van der Waals surface area contributed by atoms with Gasteiger partial charge in [-0.1, -0.05) is 60.1 Å². The number of hydrogen-bond acceptors (Lipinski definition) is 4. The van der Waals surface area contributed by atoms with Gasteiger partial charge in [0.25, 0.3) is 5.91 Å². The van der Waals surface area contributed by atoms with Crippen molar-refractivity contribution < 1.29 is 13.2 Å². The highest BCUT2D eigenvalue weighted by Gasteiger charge is 2.32. The highest BCUT2D eigenvalue weighted by atomic mass is 35.5. The standard InChI is InChI=1S/C27H26ClN3O3S/c28-21-10-12-22(13-11-21)35(33,34)26-23-8-4-5-9-24(23)29-25(26)27(32)31-18-16-30(17-19-31)15-14-20-6-2-1-3-7-20/h1-13,29H,14-19H2. The fourth-order valence-electron chi connectivity index (χ4n) is 4.54. The maximum Gasteiger partial charge on any atom is 0.271 e. The van der Waals surface area contributed by atoms with Gasteiger partial charge in [-0.25, -0.2) is 8.42 Å². The number of aromatic amines is 1. The third kappa shape index (κ3) is 4.85. The highest BCUT2D eigenvalue weighted by molar-refractivity contribution is 7.91. The fourth-order valence-corrected chi connectivity index (χ4v) is 6.27. The van der Waals surface area contributed by atoms with E-state index in [1.165, 1.54) is 17.7 Å². The summed E-state index contributed by atoms with van der Waals surface area (Å²) in [4.78, 5) is 20.9. The summed E-state index contributed by atoms with van der Waals surface area (Å²) in [6.45, 7) is 3.51. The number of carbonyl (C=O) groups excluding carboxylic acids is 1. The van der Waals surface area contributed by atoms with Crippen molar-refractivity contribution in [2.75, 3.05) is 32.7 Å². The molecule has 3 aromatic carbocycles. The van der Waals surface area contributed by atoms with Gasteiger partial charge >= 0.3 is 0 Å². The van der Waals surface area contributed by atoms with Gasteiger partial charge in [0.05, 0.1) is 4.90 Å². The second kappa shape index (κ2) is 9.85. The van der Waals surface area contributed by atoms with Crippen molar-refractivity contribution in [2.45, 2.75) is 16.2 Å². The summed E-state index contributed by atoms with van der Waals surface area (Å²) in [6, 6.07) is 23.5. The molecule has 1 amide bonds. The number of benzene rings is 3. The average molecular weight is 508 g/mol. The molecule has 0 bridgehead atoms. The van der Waals surface area contributed by atoms with E-state index in [0.29, 0.717) is 29.0 Å². The lowest BCUT2D eigenvalue weighted by Crippen LogP contribution is -2.49. The van der Waals surface area contributed by atoms with Crippen molar-refractivity contribution in [3.8, 4) is 0 Å². The van der Waals surface area contributed by atoms with E-state index in [1.54, 1.807) is 35.2 Å². The number of hydrogen-bond donors (Lipinski definition) is 1. The van der Waals surface area contributed by atoms with E-state index in [4.69, 9.17) is 11.6 Å². The number of aromatic nitrogens is 1. The molecular weight excluding hydrogens is 482 g/mol. The number of piperazine rings is 1. The van der Waals surface area contributed by atoms with Gasteiger partial charge in [0.15, 0.2) is 0 Å². The zero-order valence-electron chi connectivity index (χ0n) is 19.2. The van der Waals surface area contributed by atoms with Crippen LogP contribution in [0, 0.1) is 0 Å². The molecular formula is C27H26ClN3O3S. The maximum absolute atomic E-state index is 13.7. The second-order valence-electron chi connectivity index (χ2n) is 8.70. The maximum atomic E-state index is 13.7. The number of H-pyrrole nitrogens is 1. The lowest BCUT2D eigenvalue weighted by Gasteiger charge is -2.34. The fraction of sp³-hybridized carbons (Fsp3) is 0.222. The van der Waals surface area contributed by atoms with E-state index >= 15 is 0 Å². The molecule has 6 nitrogen and oxygen atoms in total. The monoisotopic (exact) mass is 507 g/mol. The first kappa shape index (κ1) is 23.6. The number of halogens is 1. The van der Waals surface area contributed by atoms with Gasteiger partial charge in [-0.15, -0.1) is 0 Å². The minimum absolute atomic E-state index is 0.0203. The number of carbonyl (C=O) groups is 1. The van der Waals surface area contributed by atoms with E-state index in [0.717, 1.165) is 26.1 Å². The first-order chi connectivity index (χ1) is 16.9. The minimum Gasteiger partial charge on any atom is -0.349 e. The van der Waals surface area contributed by atoms with E-state index in [2.05, 4.69) is 22.0 Å². The lowest BCUT2D eigenvalue weighted by atomic mass is 10.1. The third-order valence-corrected chi connectivity index (χ3v) is 8.59. The molecule has 35 heavy (non-hydrogen) atoms. The van der Waals surface area contributed by atoms with Crippen molar-refractivity contribution >= 4 is 38.2 Å². The number of rotatable bonds is 6. The summed E-state index contributed by atoms with van der Waals surface area (Å²) >= 11 is 5.97. The molecule has 1 saturated heterocycles. The number of nitrogens with zero attached hydrogens (tertiary/aromatic N) is 2. The van der Waals surface area contributed by atoms with Crippen molar-refractivity contribution in [3.63, 3.8) is 0 Å². The molecule has 0 atom stereocenters. The number of para-hydroxylation sites is 1. The molecule has 1 N–H and O–H groups in total. The van der Waals surface area contributed by atoms with Crippen LogP contribution >= 0.6 is 11.6 Å². The van der Waals surface area contributed by atoms with Crippen LogP contribution < -0.4 is 0 Å². The van der Waals surface area contributed by atoms with Crippen molar-refractivity contribution in [1.29, 1.82) is 0 Å². The Kier molecular flexibility index (Phi) is 6.65. The summed E-state index contributed by atoms with van der Waals surface area (Å²) in [6.07, 6.45) is 0.959. The smallest absolute Gasteiger partial charge is 0.271 e. The van der Waals surface area contributed by atoms with Crippen molar-refractivity contribution in [3.05, 3.63) is 95.1 Å². The first-order valence-electron chi connectivity index (χ1n) is 11.6. The molecule has 4 aromatic rings. The van der Waals surface area contributed by atoms with Crippen LogP contribution in [0.5, 0.6) is 0 Å². The van der Waals surface area contributed by atoms with Crippen LogP contribution in [-0.4, -0.2) is 61.8 Å². The zero-order valence-corrected chi connectivity index (χ0v) is 20.7. The highest BCUT2D eigenvalue weighted by Crippen LogP contribution is 2.33. The molecule has 5 rings (SSSR count). The minimum atomic E-state index is -3.95. The van der Waals surface area contributed by atoms with Gasteiger partial charge in [-0.2, -0.15) is 0 Å². The quantitative estimate of drug-likeness (QED) is 0.412. The predicted octanol–water partition coefficient (Wildman–Crippen LogP) is 4.65. The Hall–Kier alpha value is -3.13. The summed E-state index contributed by atoms with van der Waals surface area (Å²) in [5.41, 5.74) is 2.02. The summed E-state index contributed by atoms with van der Waals surface area (Å²) in [7, 11) is -3.95. The Balaban J connectivity index is 1.38. The lowest BCUT2D eigenvalue weighted by molar-refractivity contribution is 0.0630. The van der Waals surface area contributed by atoms with Crippen LogP contribution in [0.1, 0.15) is 16.1 Å². The second-order valence-corrected chi connectivity index (χ2v) is 11.0. The van der Waals surface area contributed by atoms with Gasteiger partial charge in [-0.3, -0.25) is 9.69 Å². The molecule has 0 radical (unpaired) electrons. The zero-order chi connectivity index (χ0) is 24.4. The molecule has 0 spiro atoms. The van der Waals surface area contributed by atoms with Crippen LogP contribution in [0.25, 0.3) is 10.9 Å². The molecule has 1 aliphatic rings. The van der Waals surface area contributed by atoms with Crippen LogP contribution in [0.15, 0.2) is 88.7 Å². The van der Waals surface area contributed by atoms with E-state index < -0.39 is 9.84 Å². The number of nitrogens with one attached hydrogen (secondary N) is 1. The van der Waals surface area contributed by atoms with E-state index in [9.17, 15) is 13.2 Å². The topological polar surface area (TPSA) is 73.5 Å². The summed E-state index contributed by atoms with van der Waals surface area (Å²) in [5, 5.41) is 0.955. The Labute approximate surface area is 210 Å². The largest absolute Gasteiger partial charge is 0.349 e. The molecule has 8 heteroatoms. The molecule has 2 heterocycles. The normalized spacial score (nSPS) is 14.9. The number of amides is 1. The molecule has 0 aliphatic carbocycles. The molecule has 0 saturated carbocycles. The van der Waals surface area contributed by atoms with Crippen molar-refractivity contribution in [1.82, 2.24) is 14.8 Å². The average Bonchev–Trinajstić information content (AvgIpc) is 3.29.